The maximum atomic E-state index is 5.53. The Morgan fingerprint density at radius 2 is 2.38 bits per heavy atom. The standard InChI is InChI=1S/C6H13ClSi/c1-2-3-4-5-6-8-7/h5-6H,2-4,8H2,1H3. The fraction of sp³-hybridized carbons (Fsp3) is 0.667. The molecule has 0 aromatic carbocycles. The molecule has 0 heterocycles. The molecule has 0 rings (SSSR count). The van der Waals surface area contributed by atoms with Crippen molar-refractivity contribution in [3.05, 3.63) is 11.8 Å². The van der Waals surface area contributed by atoms with Crippen molar-refractivity contribution in [3.63, 3.8) is 0 Å². The molecule has 0 aromatic heterocycles. The van der Waals surface area contributed by atoms with Crippen molar-refractivity contribution >= 4 is 19.9 Å². The first kappa shape index (κ1) is 8.25. The number of halogens is 1. The zero-order valence-corrected chi connectivity index (χ0v) is 7.53. The van der Waals surface area contributed by atoms with E-state index >= 15 is 0 Å². The maximum absolute atomic E-state index is 5.53. The predicted octanol–water partition coefficient (Wildman–Crippen LogP) is 2.01. The first-order chi connectivity index (χ1) is 3.91. The lowest BCUT2D eigenvalue weighted by atomic mass is 10.2. The third-order valence-electron chi connectivity index (χ3n) is 0.980. The third-order valence-corrected chi connectivity index (χ3v) is 2.03. The Balaban J connectivity index is 2.80. The van der Waals surface area contributed by atoms with Crippen molar-refractivity contribution in [1.29, 1.82) is 0 Å². The van der Waals surface area contributed by atoms with E-state index in [1.807, 2.05) is 0 Å². The SMILES string of the molecule is CCCCC=C[SiH2]Cl. The third kappa shape index (κ3) is 6.25. The van der Waals surface area contributed by atoms with E-state index in [1.165, 1.54) is 19.3 Å². The Bertz CT molecular complexity index is 61.5. The fourth-order valence-corrected chi connectivity index (χ4v) is 1.24. The fourth-order valence-electron chi connectivity index (χ4n) is 0.503. The van der Waals surface area contributed by atoms with Crippen LogP contribution < -0.4 is 0 Å². The van der Waals surface area contributed by atoms with Crippen LogP contribution in [0.25, 0.3) is 0 Å². The predicted molar refractivity (Wildman–Crippen MR) is 43.1 cm³/mol. The number of allylic oxidation sites excluding steroid dienone is 1. The van der Waals surface area contributed by atoms with Crippen LogP contribution in [0.3, 0.4) is 0 Å². The van der Waals surface area contributed by atoms with Gasteiger partial charge < -0.3 is 0 Å². The lowest BCUT2D eigenvalue weighted by molar-refractivity contribution is 0.815. The van der Waals surface area contributed by atoms with Crippen LogP contribution in [-0.4, -0.2) is 8.83 Å². The molecule has 0 N–H and O–H groups in total. The van der Waals surface area contributed by atoms with E-state index in [-0.39, 0.29) is 8.83 Å². The van der Waals surface area contributed by atoms with Crippen molar-refractivity contribution in [1.82, 2.24) is 0 Å². The van der Waals surface area contributed by atoms with E-state index < -0.39 is 0 Å². The van der Waals surface area contributed by atoms with Gasteiger partial charge in [0.1, 0.15) is 8.83 Å². The summed E-state index contributed by atoms with van der Waals surface area (Å²) in [4.78, 5) is 0. The molecule has 0 spiro atoms. The monoisotopic (exact) mass is 148 g/mol. The molecule has 8 heavy (non-hydrogen) atoms. The van der Waals surface area contributed by atoms with Crippen LogP contribution in [0.4, 0.5) is 0 Å². The Morgan fingerprint density at radius 3 is 2.88 bits per heavy atom. The second kappa shape index (κ2) is 7.25. The van der Waals surface area contributed by atoms with Crippen molar-refractivity contribution in [2.75, 3.05) is 0 Å². The summed E-state index contributed by atoms with van der Waals surface area (Å²) >= 11 is 5.53. The minimum atomic E-state index is -0.322. The van der Waals surface area contributed by atoms with E-state index in [2.05, 4.69) is 18.7 Å². The second-order valence-electron chi connectivity index (χ2n) is 1.77. The summed E-state index contributed by atoms with van der Waals surface area (Å²) in [5, 5.41) is 0. The summed E-state index contributed by atoms with van der Waals surface area (Å²) in [6.45, 7) is 2.20. The van der Waals surface area contributed by atoms with Gasteiger partial charge in [-0.05, 0) is 6.42 Å². The molecular weight excluding hydrogens is 136 g/mol. The molecule has 0 amide bonds. The maximum Gasteiger partial charge on any atom is 0.148 e. The van der Waals surface area contributed by atoms with E-state index in [0.29, 0.717) is 0 Å². The van der Waals surface area contributed by atoms with Gasteiger partial charge in [-0.1, -0.05) is 31.5 Å². The van der Waals surface area contributed by atoms with Crippen LogP contribution in [0.2, 0.25) is 0 Å². The summed E-state index contributed by atoms with van der Waals surface area (Å²) in [7, 11) is -0.322. The number of unbranched alkanes of at least 4 members (excludes halogenated alkanes) is 2. The van der Waals surface area contributed by atoms with E-state index in [9.17, 15) is 0 Å². The van der Waals surface area contributed by atoms with Crippen molar-refractivity contribution in [2.45, 2.75) is 26.2 Å². The molecule has 0 aliphatic heterocycles. The molecule has 2 heteroatoms. The van der Waals surface area contributed by atoms with Crippen LogP contribution in [0.1, 0.15) is 26.2 Å². The number of hydrogen-bond acceptors (Lipinski definition) is 0. The minimum Gasteiger partial charge on any atom is -0.171 e. The number of hydrogen-bond donors (Lipinski definition) is 0. The van der Waals surface area contributed by atoms with Gasteiger partial charge in [-0.15, -0.1) is 0 Å². The van der Waals surface area contributed by atoms with E-state index in [1.54, 1.807) is 0 Å². The molecule has 0 saturated carbocycles. The Morgan fingerprint density at radius 1 is 1.62 bits per heavy atom. The number of rotatable bonds is 4. The quantitative estimate of drug-likeness (QED) is 0.325. The van der Waals surface area contributed by atoms with Crippen LogP contribution in [0, 0.1) is 0 Å². The average molecular weight is 149 g/mol. The molecule has 0 saturated heterocycles. The molecule has 0 radical (unpaired) electrons. The minimum absolute atomic E-state index is 0.322. The topological polar surface area (TPSA) is 0 Å². The smallest absolute Gasteiger partial charge is 0.148 e. The largest absolute Gasteiger partial charge is 0.171 e. The van der Waals surface area contributed by atoms with Gasteiger partial charge in [0.15, 0.2) is 0 Å². The summed E-state index contributed by atoms with van der Waals surface area (Å²) in [6.07, 6.45) is 6.01. The molecular formula is C6H13ClSi. The summed E-state index contributed by atoms with van der Waals surface area (Å²) < 4.78 is 0. The van der Waals surface area contributed by atoms with Gasteiger partial charge in [0.05, 0.1) is 0 Å². The highest BCUT2D eigenvalue weighted by Gasteiger charge is 1.75. The summed E-state index contributed by atoms with van der Waals surface area (Å²) in [5.74, 6) is 0. The molecule has 0 unspecified atom stereocenters. The van der Waals surface area contributed by atoms with Gasteiger partial charge in [-0.3, -0.25) is 0 Å². The zero-order chi connectivity index (χ0) is 6.24. The average Bonchev–Trinajstić information content (AvgIpc) is 1.81. The normalized spacial score (nSPS) is 12.2. The second-order valence-corrected chi connectivity index (χ2v) is 3.47. The highest BCUT2D eigenvalue weighted by molar-refractivity contribution is 6.96. The van der Waals surface area contributed by atoms with Crippen LogP contribution in [-0.2, 0) is 0 Å². The Labute approximate surface area is 58.5 Å². The van der Waals surface area contributed by atoms with E-state index in [0.717, 1.165) is 0 Å². The lowest BCUT2D eigenvalue weighted by Gasteiger charge is -1.84. The first-order valence-electron chi connectivity index (χ1n) is 3.12. The van der Waals surface area contributed by atoms with Crippen LogP contribution in [0.5, 0.6) is 0 Å². The Kier molecular flexibility index (Phi) is 7.47. The summed E-state index contributed by atoms with van der Waals surface area (Å²) in [6, 6.07) is 0. The first-order valence-corrected chi connectivity index (χ1v) is 6.08. The zero-order valence-electron chi connectivity index (χ0n) is 5.36. The van der Waals surface area contributed by atoms with Gasteiger partial charge in [-0.2, -0.15) is 11.1 Å². The van der Waals surface area contributed by atoms with Crippen molar-refractivity contribution in [3.8, 4) is 0 Å². The van der Waals surface area contributed by atoms with Gasteiger partial charge in [0, 0.05) is 0 Å². The molecule has 0 bridgehead atoms. The van der Waals surface area contributed by atoms with Crippen LogP contribution >= 0.6 is 11.1 Å². The van der Waals surface area contributed by atoms with Gasteiger partial charge in [0.25, 0.3) is 0 Å². The van der Waals surface area contributed by atoms with Gasteiger partial charge >= 0.3 is 0 Å². The van der Waals surface area contributed by atoms with Crippen molar-refractivity contribution in [2.24, 2.45) is 0 Å². The molecule has 0 fully saturated rings. The molecule has 0 aliphatic carbocycles. The van der Waals surface area contributed by atoms with Crippen molar-refractivity contribution < 1.29 is 0 Å². The molecule has 0 nitrogen and oxygen atoms in total. The molecule has 0 aromatic rings. The molecule has 48 valence electrons. The summed E-state index contributed by atoms with van der Waals surface area (Å²) in [5.41, 5.74) is 2.14. The lowest BCUT2D eigenvalue weighted by Crippen LogP contribution is -1.69. The molecule has 0 aliphatic rings. The van der Waals surface area contributed by atoms with Gasteiger partial charge in [-0.25, -0.2) is 0 Å². The highest BCUT2D eigenvalue weighted by atomic mass is 35.6. The van der Waals surface area contributed by atoms with E-state index in [4.69, 9.17) is 11.1 Å². The highest BCUT2D eigenvalue weighted by Crippen LogP contribution is 1.93. The Hall–Kier alpha value is 0.247. The van der Waals surface area contributed by atoms with Gasteiger partial charge in [0.2, 0.25) is 0 Å². The van der Waals surface area contributed by atoms with Crippen LogP contribution in [0.15, 0.2) is 11.8 Å². The molecule has 0 atom stereocenters.